The van der Waals surface area contributed by atoms with Gasteiger partial charge in [-0.1, -0.05) is 31.2 Å². The monoisotopic (exact) mass is 343 g/mol. The summed E-state index contributed by atoms with van der Waals surface area (Å²) in [5.74, 6) is 0. The summed E-state index contributed by atoms with van der Waals surface area (Å²) in [6, 6.07) is 8.05. The van der Waals surface area contributed by atoms with Gasteiger partial charge in [0.25, 0.3) is 0 Å². The Morgan fingerprint density at radius 2 is 2.00 bits per heavy atom. The van der Waals surface area contributed by atoms with Gasteiger partial charge in [0, 0.05) is 19.3 Å². The summed E-state index contributed by atoms with van der Waals surface area (Å²) in [6.45, 7) is 10.7. The molecule has 6 heteroatoms. The van der Waals surface area contributed by atoms with Crippen LogP contribution in [0.25, 0.3) is 0 Å². The highest BCUT2D eigenvalue weighted by molar-refractivity contribution is 5.88. The molecule has 2 rings (SSSR count). The first-order valence-corrected chi connectivity index (χ1v) is 8.64. The van der Waals surface area contributed by atoms with Gasteiger partial charge in [-0.05, 0) is 45.5 Å². The van der Waals surface area contributed by atoms with Crippen LogP contribution in [0.1, 0.15) is 38.8 Å². The van der Waals surface area contributed by atoms with E-state index in [0.717, 1.165) is 18.7 Å². The van der Waals surface area contributed by atoms with Gasteiger partial charge in [0.15, 0.2) is 0 Å². The van der Waals surface area contributed by atoms with Crippen molar-refractivity contribution in [2.75, 3.05) is 18.9 Å². The second kappa shape index (κ2) is 8.16. The summed E-state index contributed by atoms with van der Waals surface area (Å²) in [4.78, 5) is 14.3. The van der Waals surface area contributed by atoms with Gasteiger partial charge >= 0.3 is 6.03 Å². The molecule has 0 spiro atoms. The standard InChI is InChI=1S/C19H29N5O/c1-6-23(5)13-16-9-7-8-15(10-16)11-20-18(25)22-17-12-21-24(14-17)19(2,3)4/h7-10,12,14H,6,11,13H2,1-5H3,(H2,20,22,25). The van der Waals surface area contributed by atoms with E-state index >= 15 is 0 Å². The zero-order valence-corrected chi connectivity index (χ0v) is 15.8. The number of hydrogen-bond acceptors (Lipinski definition) is 3. The van der Waals surface area contributed by atoms with Crippen molar-refractivity contribution < 1.29 is 4.79 Å². The average molecular weight is 343 g/mol. The molecule has 2 N–H and O–H groups in total. The fourth-order valence-electron chi connectivity index (χ4n) is 2.37. The van der Waals surface area contributed by atoms with Crippen LogP contribution in [-0.2, 0) is 18.6 Å². The van der Waals surface area contributed by atoms with Crippen LogP contribution in [-0.4, -0.2) is 34.3 Å². The van der Waals surface area contributed by atoms with Crippen molar-refractivity contribution in [3.8, 4) is 0 Å². The van der Waals surface area contributed by atoms with E-state index in [0.29, 0.717) is 12.2 Å². The van der Waals surface area contributed by atoms with Crippen LogP contribution in [0.4, 0.5) is 10.5 Å². The number of anilines is 1. The molecule has 0 fully saturated rings. The van der Waals surface area contributed by atoms with E-state index in [2.05, 4.69) is 67.5 Å². The van der Waals surface area contributed by atoms with Gasteiger partial charge in [0.1, 0.15) is 0 Å². The number of benzene rings is 1. The maximum atomic E-state index is 12.1. The van der Waals surface area contributed by atoms with Gasteiger partial charge < -0.3 is 15.5 Å². The molecule has 0 saturated heterocycles. The molecule has 2 aromatic rings. The minimum Gasteiger partial charge on any atom is -0.334 e. The molecule has 1 heterocycles. The molecule has 0 bridgehead atoms. The number of rotatable bonds is 6. The summed E-state index contributed by atoms with van der Waals surface area (Å²) in [5.41, 5.74) is 2.91. The lowest BCUT2D eigenvalue weighted by atomic mass is 10.1. The summed E-state index contributed by atoms with van der Waals surface area (Å²) in [5, 5.41) is 9.98. The molecule has 6 nitrogen and oxygen atoms in total. The predicted molar refractivity (Wildman–Crippen MR) is 102 cm³/mol. The Morgan fingerprint density at radius 3 is 2.64 bits per heavy atom. The van der Waals surface area contributed by atoms with E-state index in [1.165, 1.54) is 5.56 Å². The molecule has 0 atom stereocenters. The van der Waals surface area contributed by atoms with Crippen LogP contribution in [0.2, 0.25) is 0 Å². The smallest absolute Gasteiger partial charge is 0.319 e. The molecule has 25 heavy (non-hydrogen) atoms. The third-order valence-corrected chi connectivity index (χ3v) is 3.96. The second-order valence-corrected chi connectivity index (χ2v) is 7.30. The molecule has 0 saturated carbocycles. The summed E-state index contributed by atoms with van der Waals surface area (Å²) < 4.78 is 1.83. The van der Waals surface area contributed by atoms with Crippen molar-refractivity contribution in [3.63, 3.8) is 0 Å². The van der Waals surface area contributed by atoms with Crippen molar-refractivity contribution in [1.29, 1.82) is 0 Å². The quantitative estimate of drug-likeness (QED) is 0.845. The first-order valence-electron chi connectivity index (χ1n) is 8.64. The normalized spacial score (nSPS) is 11.6. The van der Waals surface area contributed by atoms with Crippen LogP contribution in [0.3, 0.4) is 0 Å². The van der Waals surface area contributed by atoms with E-state index in [4.69, 9.17) is 0 Å². The van der Waals surface area contributed by atoms with Crippen molar-refractivity contribution in [2.24, 2.45) is 0 Å². The summed E-state index contributed by atoms with van der Waals surface area (Å²) >= 11 is 0. The highest BCUT2D eigenvalue weighted by atomic mass is 16.2. The lowest BCUT2D eigenvalue weighted by Crippen LogP contribution is -2.28. The Hall–Kier alpha value is -2.34. The van der Waals surface area contributed by atoms with E-state index < -0.39 is 0 Å². The van der Waals surface area contributed by atoms with Gasteiger partial charge in [0.2, 0.25) is 0 Å². The van der Waals surface area contributed by atoms with Crippen LogP contribution < -0.4 is 10.6 Å². The maximum Gasteiger partial charge on any atom is 0.319 e. The van der Waals surface area contributed by atoms with E-state index in [-0.39, 0.29) is 11.6 Å². The summed E-state index contributed by atoms with van der Waals surface area (Å²) in [6.07, 6.45) is 3.49. The topological polar surface area (TPSA) is 62.2 Å². The minimum absolute atomic E-state index is 0.109. The van der Waals surface area contributed by atoms with Crippen LogP contribution in [0.5, 0.6) is 0 Å². The van der Waals surface area contributed by atoms with Crippen molar-refractivity contribution in [1.82, 2.24) is 20.0 Å². The molecule has 136 valence electrons. The average Bonchev–Trinajstić information content (AvgIpc) is 3.02. The van der Waals surface area contributed by atoms with Gasteiger partial charge in [-0.25, -0.2) is 4.79 Å². The third kappa shape index (κ3) is 5.90. The Morgan fingerprint density at radius 1 is 1.28 bits per heavy atom. The minimum atomic E-state index is -0.232. The van der Waals surface area contributed by atoms with Gasteiger partial charge in [-0.2, -0.15) is 5.10 Å². The number of urea groups is 1. The number of amides is 2. The molecule has 0 aliphatic heterocycles. The Labute approximate surface area is 150 Å². The fourth-order valence-corrected chi connectivity index (χ4v) is 2.37. The highest BCUT2D eigenvalue weighted by Crippen LogP contribution is 2.15. The molecule has 1 aromatic carbocycles. The number of carbonyl (C=O) groups is 1. The van der Waals surface area contributed by atoms with E-state index in [1.54, 1.807) is 6.20 Å². The SMILES string of the molecule is CCN(C)Cc1cccc(CNC(=O)Nc2cnn(C(C)(C)C)c2)c1. The summed E-state index contributed by atoms with van der Waals surface area (Å²) in [7, 11) is 2.09. The second-order valence-electron chi connectivity index (χ2n) is 7.30. The zero-order chi connectivity index (χ0) is 18.4. The number of nitrogens with zero attached hydrogens (tertiary/aromatic N) is 3. The molecule has 0 radical (unpaired) electrons. The Balaban J connectivity index is 1.87. The van der Waals surface area contributed by atoms with Gasteiger partial charge in [-0.15, -0.1) is 0 Å². The van der Waals surface area contributed by atoms with Crippen molar-refractivity contribution >= 4 is 11.7 Å². The largest absolute Gasteiger partial charge is 0.334 e. The molecule has 0 aliphatic carbocycles. The van der Waals surface area contributed by atoms with Crippen molar-refractivity contribution in [2.45, 2.75) is 46.3 Å². The molecular formula is C19H29N5O. The Kier molecular flexibility index (Phi) is 6.20. The number of carbonyl (C=O) groups excluding carboxylic acids is 1. The first kappa shape index (κ1) is 19.0. The number of aromatic nitrogens is 2. The number of hydrogen-bond donors (Lipinski definition) is 2. The van der Waals surface area contributed by atoms with Gasteiger partial charge in [-0.3, -0.25) is 4.68 Å². The molecule has 2 amide bonds. The Bertz CT molecular complexity index is 702. The van der Waals surface area contributed by atoms with Crippen LogP contribution in [0, 0.1) is 0 Å². The molecule has 0 aliphatic rings. The van der Waals surface area contributed by atoms with Crippen LogP contribution in [0.15, 0.2) is 36.7 Å². The lowest BCUT2D eigenvalue weighted by molar-refractivity contribution is 0.251. The molecule has 0 unspecified atom stereocenters. The first-order chi connectivity index (χ1) is 11.8. The van der Waals surface area contributed by atoms with E-state index in [9.17, 15) is 4.79 Å². The van der Waals surface area contributed by atoms with E-state index in [1.807, 2.05) is 23.0 Å². The number of nitrogens with one attached hydrogen (secondary N) is 2. The van der Waals surface area contributed by atoms with Crippen molar-refractivity contribution in [3.05, 3.63) is 47.8 Å². The molecule has 1 aromatic heterocycles. The van der Waals surface area contributed by atoms with Gasteiger partial charge in [0.05, 0.1) is 17.4 Å². The molecular weight excluding hydrogens is 314 g/mol. The highest BCUT2D eigenvalue weighted by Gasteiger charge is 2.14. The van der Waals surface area contributed by atoms with Crippen LogP contribution >= 0.6 is 0 Å². The third-order valence-electron chi connectivity index (χ3n) is 3.96. The predicted octanol–water partition coefficient (Wildman–Crippen LogP) is 3.41. The zero-order valence-electron chi connectivity index (χ0n) is 15.8. The lowest BCUT2D eigenvalue weighted by Gasteiger charge is -2.18. The fraction of sp³-hybridized carbons (Fsp3) is 0.474. The maximum absolute atomic E-state index is 12.1.